The summed E-state index contributed by atoms with van der Waals surface area (Å²) in [7, 11) is 0. The van der Waals surface area contributed by atoms with Gasteiger partial charge in [0.05, 0.1) is 12.7 Å². The van der Waals surface area contributed by atoms with Crippen LogP contribution >= 0.6 is 0 Å². The Morgan fingerprint density at radius 1 is 1.28 bits per heavy atom. The number of nitrogens with one attached hydrogen (secondary N) is 1. The van der Waals surface area contributed by atoms with E-state index >= 15 is 0 Å². The predicted octanol–water partition coefficient (Wildman–Crippen LogP) is 0.833. The molecule has 2 saturated heterocycles. The van der Waals surface area contributed by atoms with Gasteiger partial charge in [-0.3, -0.25) is 4.90 Å². The van der Waals surface area contributed by atoms with Crippen molar-refractivity contribution in [2.45, 2.75) is 18.9 Å². The Morgan fingerprint density at radius 3 is 2.83 bits per heavy atom. The zero-order chi connectivity index (χ0) is 12.2. The number of benzene rings is 1. The van der Waals surface area contributed by atoms with Gasteiger partial charge in [-0.15, -0.1) is 0 Å². The summed E-state index contributed by atoms with van der Waals surface area (Å²) < 4.78 is 11.5. The average Bonchev–Trinajstić information content (AvgIpc) is 2.36. The van der Waals surface area contributed by atoms with Crippen molar-refractivity contribution in [3.8, 4) is 0 Å². The Labute approximate surface area is 108 Å². The van der Waals surface area contributed by atoms with Crippen LogP contribution in [0.25, 0.3) is 0 Å². The van der Waals surface area contributed by atoms with Crippen molar-refractivity contribution in [3.05, 3.63) is 35.9 Å². The molecule has 0 bridgehead atoms. The average molecular weight is 248 g/mol. The lowest BCUT2D eigenvalue weighted by Crippen LogP contribution is -2.53. The molecule has 3 rings (SSSR count). The van der Waals surface area contributed by atoms with E-state index in [2.05, 4.69) is 40.5 Å². The van der Waals surface area contributed by atoms with E-state index in [0.717, 1.165) is 39.3 Å². The molecule has 0 amide bonds. The topological polar surface area (TPSA) is 33.7 Å². The van der Waals surface area contributed by atoms with Crippen molar-refractivity contribution in [2.75, 3.05) is 32.8 Å². The Bertz CT molecular complexity index is 367. The van der Waals surface area contributed by atoms with Crippen LogP contribution in [0.1, 0.15) is 5.56 Å². The molecule has 0 aliphatic carbocycles. The van der Waals surface area contributed by atoms with Crippen LogP contribution in [0, 0.1) is 0 Å². The van der Waals surface area contributed by atoms with Gasteiger partial charge in [-0.2, -0.15) is 0 Å². The van der Waals surface area contributed by atoms with Gasteiger partial charge in [0.25, 0.3) is 0 Å². The first-order valence-electron chi connectivity index (χ1n) is 6.64. The molecule has 18 heavy (non-hydrogen) atoms. The smallest absolute Gasteiger partial charge is 0.170 e. The van der Waals surface area contributed by atoms with E-state index in [1.54, 1.807) is 0 Å². The van der Waals surface area contributed by atoms with Crippen LogP contribution < -0.4 is 5.32 Å². The number of morpholine rings is 1. The van der Waals surface area contributed by atoms with Gasteiger partial charge >= 0.3 is 0 Å². The number of ether oxygens (including phenoxy) is 2. The minimum Gasteiger partial charge on any atom is -0.350 e. The lowest BCUT2D eigenvalue weighted by Gasteiger charge is -2.37. The van der Waals surface area contributed by atoms with Gasteiger partial charge < -0.3 is 14.8 Å². The van der Waals surface area contributed by atoms with E-state index in [1.165, 1.54) is 5.56 Å². The second kappa shape index (κ2) is 5.80. The van der Waals surface area contributed by atoms with Gasteiger partial charge in [-0.25, -0.2) is 0 Å². The summed E-state index contributed by atoms with van der Waals surface area (Å²) in [6.45, 7) is 5.50. The fourth-order valence-electron chi connectivity index (χ4n) is 2.31. The van der Waals surface area contributed by atoms with Crippen LogP contribution in [0.15, 0.2) is 30.3 Å². The third kappa shape index (κ3) is 3.09. The molecule has 1 aromatic carbocycles. The zero-order valence-corrected chi connectivity index (χ0v) is 10.5. The van der Waals surface area contributed by atoms with E-state index in [4.69, 9.17) is 9.47 Å². The van der Waals surface area contributed by atoms with Crippen LogP contribution in [0.2, 0.25) is 0 Å². The molecule has 98 valence electrons. The van der Waals surface area contributed by atoms with Gasteiger partial charge in [-0.1, -0.05) is 30.3 Å². The summed E-state index contributed by atoms with van der Waals surface area (Å²) in [5.41, 5.74) is 1.35. The van der Waals surface area contributed by atoms with Gasteiger partial charge in [-0.05, 0) is 5.56 Å². The molecule has 0 saturated carbocycles. The van der Waals surface area contributed by atoms with E-state index in [0.29, 0.717) is 6.10 Å². The first-order valence-corrected chi connectivity index (χ1v) is 6.64. The van der Waals surface area contributed by atoms with Gasteiger partial charge in [0.1, 0.15) is 0 Å². The Hall–Kier alpha value is -0.940. The van der Waals surface area contributed by atoms with E-state index < -0.39 is 0 Å². The highest BCUT2D eigenvalue weighted by Gasteiger charge is 2.26. The number of hydrogen-bond donors (Lipinski definition) is 1. The molecule has 0 radical (unpaired) electrons. The molecule has 1 unspecified atom stereocenters. The Morgan fingerprint density at radius 2 is 2.11 bits per heavy atom. The van der Waals surface area contributed by atoms with Crippen molar-refractivity contribution in [1.82, 2.24) is 10.2 Å². The first-order chi connectivity index (χ1) is 8.90. The highest BCUT2D eigenvalue weighted by molar-refractivity contribution is 5.14. The molecule has 1 aromatic rings. The van der Waals surface area contributed by atoms with E-state index in [9.17, 15) is 0 Å². The van der Waals surface area contributed by atoms with Crippen LogP contribution in [-0.2, 0) is 16.0 Å². The van der Waals surface area contributed by atoms with Crippen molar-refractivity contribution in [1.29, 1.82) is 0 Å². The van der Waals surface area contributed by atoms with Crippen molar-refractivity contribution in [2.24, 2.45) is 0 Å². The normalized spacial score (nSPS) is 25.9. The van der Waals surface area contributed by atoms with Crippen LogP contribution in [-0.4, -0.2) is 50.1 Å². The first kappa shape index (κ1) is 12.1. The summed E-state index contributed by atoms with van der Waals surface area (Å²) >= 11 is 0. The minimum absolute atomic E-state index is 0.0606. The fourth-order valence-corrected chi connectivity index (χ4v) is 2.31. The monoisotopic (exact) mass is 248 g/mol. The van der Waals surface area contributed by atoms with Gasteiger partial charge in [0.2, 0.25) is 0 Å². The van der Waals surface area contributed by atoms with Crippen LogP contribution in [0.5, 0.6) is 0 Å². The fraction of sp³-hybridized carbons (Fsp3) is 0.571. The largest absolute Gasteiger partial charge is 0.350 e. The van der Waals surface area contributed by atoms with Gasteiger partial charge in [0.15, 0.2) is 6.29 Å². The molecule has 2 heterocycles. The lowest BCUT2D eigenvalue weighted by molar-refractivity contribution is -0.209. The molecular weight excluding hydrogens is 228 g/mol. The predicted molar refractivity (Wildman–Crippen MR) is 69.2 cm³/mol. The van der Waals surface area contributed by atoms with Crippen molar-refractivity contribution < 1.29 is 9.47 Å². The number of hydrogen-bond acceptors (Lipinski definition) is 4. The SMILES string of the molecule is c1ccc(CN2CCOC(OC3CNC3)C2)cc1. The number of rotatable bonds is 4. The van der Waals surface area contributed by atoms with E-state index in [-0.39, 0.29) is 6.29 Å². The molecule has 2 fully saturated rings. The van der Waals surface area contributed by atoms with Gasteiger partial charge in [0, 0.05) is 32.7 Å². The van der Waals surface area contributed by atoms with Crippen molar-refractivity contribution in [3.63, 3.8) is 0 Å². The maximum absolute atomic E-state index is 5.87. The zero-order valence-electron chi connectivity index (χ0n) is 10.5. The third-order valence-corrected chi connectivity index (χ3v) is 3.46. The van der Waals surface area contributed by atoms with Crippen molar-refractivity contribution >= 4 is 0 Å². The summed E-state index contributed by atoms with van der Waals surface area (Å²) in [4.78, 5) is 2.40. The summed E-state index contributed by atoms with van der Waals surface area (Å²) in [5, 5.41) is 3.21. The molecule has 0 aromatic heterocycles. The third-order valence-electron chi connectivity index (χ3n) is 3.46. The van der Waals surface area contributed by atoms with Crippen LogP contribution in [0.4, 0.5) is 0 Å². The summed E-state index contributed by atoms with van der Waals surface area (Å²) in [6.07, 6.45) is 0.279. The Balaban J connectivity index is 1.50. The summed E-state index contributed by atoms with van der Waals surface area (Å²) in [6, 6.07) is 10.6. The minimum atomic E-state index is -0.0606. The Kier molecular flexibility index (Phi) is 3.90. The molecule has 1 N–H and O–H groups in total. The van der Waals surface area contributed by atoms with Crippen LogP contribution in [0.3, 0.4) is 0 Å². The second-order valence-electron chi connectivity index (χ2n) is 4.94. The summed E-state index contributed by atoms with van der Waals surface area (Å²) in [5.74, 6) is 0. The molecule has 4 heteroatoms. The van der Waals surface area contributed by atoms with E-state index in [1.807, 2.05) is 0 Å². The molecule has 0 spiro atoms. The quantitative estimate of drug-likeness (QED) is 0.856. The molecule has 1 atom stereocenters. The highest BCUT2D eigenvalue weighted by Crippen LogP contribution is 2.13. The molecule has 2 aliphatic heterocycles. The maximum atomic E-state index is 5.87. The second-order valence-corrected chi connectivity index (χ2v) is 4.94. The molecular formula is C14H20N2O2. The molecule has 4 nitrogen and oxygen atoms in total. The highest BCUT2D eigenvalue weighted by atomic mass is 16.7. The molecule has 2 aliphatic rings. The standard InChI is InChI=1S/C14H20N2O2/c1-2-4-12(5-3-1)10-16-6-7-17-14(11-16)18-13-8-15-9-13/h1-5,13-15H,6-11H2. The lowest BCUT2D eigenvalue weighted by atomic mass is 10.2. The maximum Gasteiger partial charge on any atom is 0.170 e. The number of nitrogens with zero attached hydrogens (tertiary/aromatic N) is 1.